The molecule has 0 spiro atoms. The van der Waals surface area contributed by atoms with Crippen LogP contribution in [0.2, 0.25) is 0 Å². The molecule has 160 valence electrons. The fourth-order valence-electron chi connectivity index (χ4n) is 2.24. The molecular formula is C18H28O10. The van der Waals surface area contributed by atoms with Crippen LogP contribution >= 0.6 is 0 Å². The summed E-state index contributed by atoms with van der Waals surface area (Å²) in [7, 11) is 0. The summed E-state index contributed by atoms with van der Waals surface area (Å²) in [5.41, 5.74) is -1.47. The molecule has 10 nitrogen and oxygen atoms in total. The van der Waals surface area contributed by atoms with Gasteiger partial charge in [-0.1, -0.05) is 0 Å². The SMILES string of the molecule is CCOCCOC(=O)C(C)C(C(=O)O)=C(C(=O)O)C(C)C(=O)OCCOCC. The highest BCUT2D eigenvalue weighted by Gasteiger charge is 2.36. The predicted molar refractivity (Wildman–Crippen MR) is 95.5 cm³/mol. The van der Waals surface area contributed by atoms with E-state index in [0.29, 0.717) is 13.2 Å². The van der Waals surface area contributed by atoms with E-state index < -0.39 is 46.9 Å². The van der Waals surface area contributed by atoms with Gasteiger partial charge in [-0.2, -0.15) is 0 Å². The van der Waals surface area contributed by atoms with Gasteiger partial charge in [-0.3, -0.25) is 9.59 Å². The fraction of sp³-hybridized carbons (Fsp3) is 0.667. The van der Waals surface area contributed by atoms with Crippen molar-refractivity contribution in [1.82, 2.24) is 0 Å². The molecule has 0 saturated heterocycles. The normalized spacial score (nSPS) is 13.9. The van der Waals surface area contributed by atoms with Crippen LogP contribution < -0.4 is 0 Å². The summed E-state index contributed by atoms with van der Waals surface area (Å²) in [6.45, 7) is 6.75. The molecule has 0 aromatic rings. The van der Waals surface area contributed by atoms with Gasteiger partial charge < -0.3 is 29.2 Å². The number of carboxylic acid groups (broad SMARTS) is 2. The van der Waals surface area contributed by atoms with E-state index in [0.717, 1.165) is 0 Å². The van der Waals surface area contributed by atoms with Gasteiger partial charge in [0.05, 0.1) is 36.2 Å². The quantitative estimate of drug-likeness (QED) is 0.243. The minimum Gasteiger partial charge on any atom is -0.478 e. The fourth-order valence-corrected chi connectivity index (χ4v) is 2.24. The lowest BCUT2D eigenvalue weighted by molar-refractivity contribution is -0.152. The van der Waals surface area contributed by atoms with Crippen molar-refractivity contribution in [3.63, 3.8) is 0 Å². The van der Waals surface area contributed by atoms with Crippen LogP contribution in [0, 0.1) is 11.8 Å². The van der Waals surface area contributed by atoms with Crippen LogP contribution in [0.15, 0.2) is 11.1 Å². The minimum absolute atomic E-state index is 0.110. The number of carboxylic acids is 2. The van der Waals surface area contributed by atoms with Crippen molar-refractivity contribution in [3.05, 3.63) is 11.1 Å². The molecule has 2 unspecified atom stereocenters. The highest BCUT2D eigenvalue weighted by atomic mass is 16.6. The Morgan fingerprint density at radius 1 is 0.679 bits per heavy atom. The molecule has 10 heteroatoms. The largest absolute Gasteiger partial charge is 0.478 e. The summed E-state index contributed by atoms with van der Waals surface area (Å²) in [6, 6.07) is 0. The molecule has 2 atom stereocenters. The van der Waals surface area contributed by atoms with E-state index in [1.54, 1.807) is 13.8 Å². The minimum atomic E-state index is -1.64. The van der Waals surface area contributed by atoms with Crippen LogP contribution in [0.1, 0.15) is 27.7 Å². The lowest BCUT2D eigenvalue weighted by atomic mass is 9.88. The average molecular weight is 404 g/mol. The van der Waals surface area contributed by atoms with Gasteiger partial charge in [0.15, 0.2) is 0 Å². The number of carbonyl (C=O) groups is 4. The zero-order chi connectivity index (χ0) is 21.7. The van der Waals surface area contributed by atoms with Crippen LogP contribution in [0.25, 0.3) is 0 Å². The van der Waals surface area contributed by atoms with Crippen LogP contribution in [-0.2, 0) is 38.1 Å². The van der Waals surface area contributed by atoms with E-state index in [1.807, 2.05) is 0 Å². The first-order valence-electron chi connectivity index (χ1n) is 8.88. The number of hydrogen-bond donors (Lipinski definition) is 2. The number of hydrogen-bond acceptors (Lipinski definition) is 8. The second-order valence-corrected chi connectivity index (χ2v) is 5.61. The molecular weight excluding hydrogens is 376 g/mol. The Balaban J connectivity index is 5.49. The van der Waals surface area contributed by atoms with Crippen LogP contribution in [0.3, 0.4) is 0 Å². The molecule has 0 amide bonds. The molecule has 0 aliphatic heterocycles. The van der Waals surface area contributed by atoms with E-state index in [-0.39, 0.29) is 26.4 Å². The van der Waals surface area contributed by atoms with E-state index in [4.69, 9.17) is 18.9 Å². The number of ether oxygens (including phenoxy) is 4. The molecule has 0 aromatic heterocycles. The smallest absolute Gasteiger partial charge is 0.333 e. The maximum atomic E-state index is 12.1. The van der Waals surface area contributed by atoms with Crippen LogP contribution in [0.4, 0.5) is 0 Å². The number of esters is 2. The molecule has 28 heavy (non-hydrogen) atoms. The number of rotatable bonds is 14. The molecule has 0 heterocycles. The third-order valence-electron chi connectivity index (χ3n) is 3.68. The Hall–Kier alpha value is -2.46. The molecule has 0 aliphatic carbocycles. The lowest BCUT2D eigenvalue weighted by Crippen LogP contribution is -2.30. The molecule has 0 saturated carbocycles. The van der Waals surface area contributed by atoms with Crippen molar-refractivity contribution in [2.75, 3.05) is 39.6 Å². The second-order valence-electron chi connectivity index (χ2n) is 5.61. The Kier molecular flexibility index (Phi) is 12.5. The van der Waals surface area contributed by atoms with E-state index in [2.05, 4.69) is 0 Å². The first-order valence-corrected chi connectivity index (χ1v) is 8.88. The summed E-state index contributed by atoms with van der Waals surface area (Å²) < 4.78 is 19.8. The Morgan fingerprint density at radius 2 is 1.00 bits per heavy atom. The first-order chi connectivity index (χ1) is 13.2. The van der Waals surface area contributed by atoms with Crippen molar-refractivity contribution >= 4 is 23.9 Å². The Labute approximate surface area is 163 Å². The Morgan fingerprint density at radius 3 is 1.25 bits per heavy atom. The van der Waals surface area contributed by atoms with Gasteiger partial charge in [0, 0.05) is 13.2 Å². The van der Waals surface area contributed by atoms with Crippen molar-refractivity contribution in [2.24, 2.45) is 11.8 Å². The monoisotopic (exact) mass is 404 g/mol. The summed E-state index contributed by atoms with van der Waals surface area (Å²) in [4.78, 5) is 47.6. The maximum absolute atomic E-state index is 12.1. The third-order valence-corrected chi connectivity index (χ3v) is 3.68. The summed E-state index contributed by atoms with van der Waals surface area (Å²) in [5, 5.41) is 18.9. The first kappa shape index (κ1) is 25.5. The van der Waals surface area contributed by atoms with E-state index >= 15 is 0 Å². The Bertz CT molecular complexity index is 531. The van der Waals surface area contributed by atoms with Gasteiger partial charge in [0.2, 0.25) is 0 Å². The molecule has 2 N–H and O–H groups in total. The molecule has 0 aromatic carbocycles. The van der Waals surface area contributed by atoms with Gasteiger partial charge in [0.1, 0.15) is 13.2 Å². The standard InChI is InChI=1S/C18H28O10/c1-5-25-7-9-27-17(23)11(3)13(15(19)20)14(16(21)22)12(4)18(24)28-10-8-26-6-2/h11-12H,5-10H2,1-4H3,(H,19,20)(H,21,22). The van der Waals surface area contributed by atoms with Crippen molar-refractivity contribution in [2.45, 2.75) is 27.7 Å². The highest BCUT2D eigenvalue weighted by Crippen LogP contribution is 2.25. The van der Waals surface area contributed by atoms with Crippen LogP contribution in [0.5, 0.6) is 0 Å². The summed E-state index contributed by atoms with van der Waals surface area (Å²) in [6.07, 6.45) is 0. The third kappa shape index (κ3) is 8.49. The highest BCUT2D eigenvalue weighted by molar-refractivity contribution is 6.05. The zero-order valence-electron chi connectivity index (χ0n) is 16.6. The molecule has 0 fully saturated rings. The molecule has 0 bridgehead atoms. The summed E-state index contributed by atoms with van der Waals surface area (Å²) in [5.74, 6) is -7.98. The van der Waals surface area contributed by atoms with Gasteiger partial charge in [-0.25, -0.2) is 9.59 Å². The molecule has 0 radical (unpaired) electrons. The van der Waals surface area contributed by atoms with Crippen molar-refractivity contribution in [1.29, 1.82) is 0 Å². The molecule has 0 rings (SSSR count). The zero-order valence-corrected chi connectivity index (χ0v) is 16.6. The predicted octanol–water partition coefficient (Wildman–Crippen LogP) is 0.884. The van der Waals surface area contributed by atoms with Crippen molar-refractivity contribution in [3.8, 4) is 0 Å². The second kappa shape index (κ2) is 13.7. The number of carbonyl (C=O) groups excluding carboxylic acids is 2. The van der Waals surface area contributed by atoms with Gasteiger partial charge in [-0.05, 0) is 27.7 Å². The van der Waals surface area contributed by atoms with Crippen molar-refractivity contribution < 1.29 is 48.3 Å². The average Bonchev–Trinajstić information content (AvgIpc) is 2.64. The van der Waals surface area contributed by atoms with Gasteiger partial charge in [-0.15, -0.1) is 0 Å². The lowest BCUT2D eigenvalue weighted by Gasteiger charge is -2.19. The van der Waals surface area contributed by atoms with Gasteiger partial charge in [0.25, 0.3) is 0 Å². The van der Waals surface area contributed by atoms with E-state index in [9.17, 15) is 29.4 Å². The van der Waals surface area contributed by atoms with Gasteiger partial charge >= 0.3 is 23.9 Å². The molecule has 0 aliphatic rings. The summed E-state index contributed by atoms with van der Waals surface area (Å²) >= 11 is 0. The number of aliphatic carboxylic acids is 2. The maximum Gasteiger partial charge on any atom is 0.333 e. The van der Waals surface area contributed by atoms with E-state index in [1.165, 1.54) is 13.8 Å². The van der Waals surface area contributed by atoms with Crippen LogP contribution in [-0.4, -0.2) is 73.7 Å². The topological polar surface area (TPSA) is 146 Å².